The van der Waals surface area contributed by atoms with E-state index in [-0.39, 0.29) is 17.3 Å². The third kappa shape index (κ3) is 5.52. The molecule has 0 fully saturated rings. The molecule has 0 atom stereocenters. The highest BCUT2D eigenvalue weighted by Crippen LogP contribution is 2.27. The maximum atomic E-state index is 13.1. The molecule has 0 radical (unpaired) electrons. The van der Waals surface area contributed by atoms with Gasteiger partial charge < -0.3 is 4.74 Å². The maximum Gasteiger partial charge on any atom is 0.264 e. The van der Waals surface area contributed by atoms with Crippen molar-refractivity contribution in [2.75, 3.05) is 22.8 Å². The second kappa shape index (κ2) is 10.7. The molecule has 1 heterocycles. The molecule has 0 spiro atoms. The molecule has 0 aliphatic heterocycles. The molecule has 7 nitrogen and oxygen atoms in total. The van der Waals surface area contributed by atoms with Crippen LogP contribution in [-0.2, 0) is 10.0 Å². The largest absolute Gasteiger partial charge is 0.494 e. The fraction of sp³-hybridized carbons (Fsp3) is 0.154. The third-order valence-electron chi connectivity index (χ3n) is 5.22. The molecule has 3 aromatic carbocycles. The Hall–Kier alpha value is -3.69. The van der Waals surface area contributed by atoms with E-state index in [9.17, 15) is 13.2 Å². The Morgan fingerprint density at radius 2 is 1.66 bits per heavy atom. The van der Waals surface area contributed by atoms with Crippen LogP contribution in [-0.4, -0.2) is 32.5 Å². The maximum absolute atomic E-state index is 13.1. The number of hydrogen-bond acceptors (Lipinski definition) is 6. The number of hydrogen-bond donors (Lipinski definition) is 1. The number of sulfonamides is 1. The molecule has 0 unspecified atom stereocenters. The van der Waals surface area contributed by atoms with Crippen LogP contribution in [0.2, 0.25) is 0 Å². The van der Waals surface area contributed by atoms with Gasteiger partial charge in [-0.15, -0.1) is 11.3 Å². The van der Waals surface area contributed by atoms with Crippen LogP contribution in [0.5, 0.6) is 5.75 Å². The molecule has 0 saturated heterocycles. The van der Waals surface area contributed by atoms with E-state index >= 15 is 0 Å². The van der Waals surface area contributed by atoms with Gasteiger partial charge in [-0.2, -0.15) is 0 Å². The molecule has 1 amide bonds. The van der Waals surface area contributed by atoms with Gasteiger partial charge in [-0.3, -0.25) is 14.4 Å². The van der Waals surface area contributed by atoms with Gasteiger partial charge in [0.15, 0.2) is 5.13 Å². The van der Waals surface area contributed by atoms with Crippen molar-refractivity contribution in [2.24, 2.45) is 0 Å². The van der Waals surface area contributed by atoms with Crippen LogP contribution in [0.15, 0.2) is 89.1 Å². The lowest BCUT2D eigenvalue weighted by Gasteiger charge is -2.22. The highest BCUT2D eigenvalue weighted by molar-refractivity contribution is 7.92. The first-order valence-corrected chi connectivity index (χ1v) is 13.4. The predicted octanol–water partition coefficient (Wildman–Crippen LogP) is 5.68. The Morgan fingerprint density at radius 1 is 0.971 bits per heavy atom. The monoisotopic (exact) mass is 507 g/mol. The van der Waals surface area contributed by atoms with Crippen molar-refractivity contribution in [3.05, 3.63) is 89.8 Å². The van der Waals surface area contributed by atoms with Gasteiger partial charge in [0.2, 0.25) is 0 Å². The summed E-state index contributed by atoms with van der Waals surface area (Å²) in [4.78, 5) is 17.3. The second-order valence-corrected chi connectivity index (χ2v) is 10.2. The highest BCUT2D eigenvalue weighted by atomic mass is 32.2. The van der Waals surface area contributed by atoms with Crippen LogP contribution >= 0.6 is 11.3 Å². The number of rotatable bonds is 9. The number of carbonyl (C=O) groups is 1. The average molecular weight is 508 g/mol. The summed E-state index contributed by atoms with van der Waals surface area (Å²) in [5.74, 6) is 0.424. The van der Waals surface area contributed by atoms with Gasteiger partial charge in [0.05, 0.1) is 22.9 Å². The fourth-order valence-electron chi connectivity index (χ4n) is 3.51. The summed E-state index contributed by atoms with van der Waals surface area (Å²) in [7, 11) is -3.76. The van der Waals surface area contributed by atoms with Crippen LogP contribution in [0.3, 0.4) is 0 Å². The standard InChI is InChI=1S/C26H25N3O4S2/c1-3-29(21-8-6-5-7-9-21)35(31,32)23-16-12-20(13-17-23)25(30)28-26-27-24(18-34-26)19-10-14-22(15-11-19)33-4-2/h5-18H,3-4H2,1-2H3,(H,27,28,30). The van der Waals surface area contributed by atoms with Crippen LogP contribution in [0, 0.1) is 0 Å². The topological polar surface area (TPSA) is 88.6 Å². The van der Waals surface area contributed by atoms with Crippen molar-refractivity contribution < 1.29 is 17.9 Å². The molecule has 0 bridgehead atoms. The van der Waals surface area contributed by atoms with Crippen molar-refractivity contribution in [1.29, 1.82) is 0 Å². The van der Waals surface area contributed by atoms with Gasteiger partial charge in [-0.05, 0) is 74.5 Å². The Bertz CT molecular complexity index is 1380. The minimum atomic E-state index is -3.76. The van der Waals surface area contributed by atoms with Gasteiger partial charge in [0.1, 0.15) is 5.75 Å². The first-order valence-electron chi connectivity index (χ1n) is 11.1. The molecule has 0 aliphatic rings. The molecule has 180 valence electrons. The van der Waals surface area contributed by atoms with E-state index in [0.29, 0.717) is 23.0 Å². The number of nitrogens with one attached hydrogen (secondary N) is 1. The van der Waals surface area contributed by atoms with E-state index in [1.54, 1.807) is 31.2 Å². The summed E-state index contributed by atoms with van der Waals surface area (Å²) in [6, 6.07) is 22.4. The number of aromatic nitrogens is 1. The lowest BCUT2D eigenvalue weighted by atomic mass is 10.2. The summed E-state index contributed by atoms with van der Waals surface area (Å²) in [5, 5.41) is 5.10. The van der Waals surface area contributed by atoms with Crippen molar-refractivity contribution in [3.8, 4) is 17.0 Å². The molecule has 9 heteroatoms. The Morgan fingerprint density at radius 3 is 2.29 bits per heavy atom. The molecular weight excluding hydrogens is 482 g/mol. The van der Waals surface area contributed by atoms with Gasteiger partial charge in [0.25, 0.3) is 15.9 Å². The second-order valence-electron chi connectivity index (χ2n) is 7.48. The summed E-state index contributed by atoms with van der Waals surface area (Å²) in [5.41, 5.74) is 2.59. The number of nitrogens with zero attached hydrogens (tertiary/aromatic N) is 2. The minimum absolute atomic E-state index is 0.117. The molecule has 0 aliphatic carbocycles. The average Bonchev–Trinajstić information content (AvgIpc) is 3.34. The van der Waals surface area contributed by atoms with Gasteiger partial charge >= 0.3 is 0 Å². The normalized spacial score (nSPS) is 11.1. The third-order valence-corrected chi connectivity index (χ3v) is 7.90. The molecule has 4 aromatic rings. The first-order chi connectivity index (χ1) is 16.9. The molecular formula is C26H25N3O4S2. The quantitative estimate of drug-likeness (QED) is 0.315. The number of ether oxygens (including phenoxy) is 1. The molecule has 35 heavy (non-hydrogen) atoms. The smallest absolute Gasteiger partial charge is 0.264 e. The fourth-order valence-corrected chi connectivity index (χ4v) is 5.70. The van der Waals surface area contributed by atoms with E-state index in [4.69, 9.17) is 4.74 Å². The highest BCUT2D eigenvalue weighted by Gasteiger charge is 2.23. The lowest BCUT2D eigenvalue weighted by Crippen LogP contribution is -2.30. The van der Waals surface area contributed by atoms with Gasteiger partial charge in [-0.1, -0.05) is 18.2 Å². The van der Waals surface area contributed by atoms with Crippen LogP contribution in [0.25, 0.3) is 11.3 Å². The number of anilines is 2. The Labute approximate surface area is 209 Å². The molecule has 4 rings (SSSR count). The number of para-hydroxylation sites is 1. The van der Waals surface area contributed by atoms with Crippen LogP contribution in [0.1, 0.15) is 24.2 Å². The number of benzene rings is 3. The zero-order valence-corrected chi connectivity index (χ0v) is 21.0. The van der Waals surface area contributed by atoms with Crippen molar-refractivity contribution >= 4 is 38.1 Å². The summed E-state index contributed by atoms with van der Waals surface area (Å²) < 4.78 is 33.1. The van der Waals surface area contributed by atoms with Crippen molar-refractivity contribution in [2.45, 2.75) is 18.7 Å². The molecule has 1 aromatic heterocycles. The lowest BCUT2D eigenvalue weighted by molar-refractivity contribution is 0.102. The number of thiazole rings is 1. The van der Waals surface area contributed by atoms with Crippen LogP contribution in [0.4, 0.5) is 10.8 Å². The minimum Gasteiger partial charge on any atom is -0.494 e. The molecule has 0 saturated carbocycles. The predicted molar refractivity (Wildman–Crippen MR) is 140 cm³/mol. The van der Waals surface area contributed by atoms with Crippen LogP contribution < -0.4 is 14.4 Å². The van der Waals surface area contributed by atoms with E-state index in [2.05, 4.69) is 10.3 Å². The van der Waals surface area contributed by atoms with E-state index < -0.39 is 10.0 Å². The van der Waals surface area contributed by atoms with E-state index in [1.807, 2.05) is 42.6 Å². The Kier molecular flexibility index (Phi) is 7.48. The van der Waals surface area contributed by atoms with Gasteiger partial charge in [0, 0.05) is 23.1 Å². The zero-order chi connectivity index (χ0) is 24.8. The summed E-state index contributed by atoms with van der Waals surface area (Å²) in [6.07, 6.45) is 0. The SMILES string of the molecule is CCOc1ccc(-c2csc(NC(=O)c3ccc(S(=O)(=O)N(CC)c4ccccc4)cc3)n2)cc1. The zero-order valence-electron chi connectivity index (χ0n) is 19.3. The van der Waals surface area contributed by atoms with Gasteiger partial charge in [-0.25, -0.2) is 13.4 Å². The first kappa shape index (κ1) is 24.4. The number of amides is 1. The number of carbonyl (C=O) groups excluding carboxylic acids is 1. The van der Waals surface area contributed by atoms with E-state index in [1.165, 1.54) is 39.9 Å². The van der Waals surface area contributed by atoms with E-state index in [0.717, 1.165) is 17.0 Å². The van der Waals surface area contributed by atoms with Crippen molar-refractivity contribution in [3.63, 3.8) is 0 Å². The summed E-state index contributed by atoms with van der Waals surface area (Å²) in [6.45, 7) is 4.60. The Balaban J connectivity index is 1.46. The molecule has 1 N–H and O–H groups in total. The van der Waals surface area contributed by atoms with Crippen molar-refractivity contribution in [1.82, 2.24) is 4.98 Å². The summed E-state index contributed by atoms with van der Waals surface area (Å²) >= 11 is 1.32.